The molecular formula is C10H13Cl2NO2. The number of hydrogen-bond acceptors (Lipinski definition) is 2. The molecule has 1 aromatic heterocycles. The first-order valence-corrected chi connectivity index (χ1v) is 5.51. The van der Waals surface area contributed by atoms with Gasteiger partial charge in [0.05, 0.1) is 11.6 Å². The van der Waals surface area contributed by atoms with Crippen LogP contribution in [0.3, 0.4) is 0 Å². The topological polar surface area (TPSA) is 31.2 Å². The number of nitrogens with zero attached hydrogens (tertiary/aromatic N) is 1. The molecule has 0 aliphatic heterocycles. The predicted molar refractivity (Wildman–Crippen MR) is 60.6 cm³/mol. The molecule has 0 aliphatic rings. The van der Waals surface area contributed by atoms with Gasteiger partial charge in [-0.25, -0.2) is 4.79 Å². The summed E-state index contributed by atoms with van der Waals surface area (Å²) in [5.74, 6) is -0.389. The highest BCUT2D eigenvalue weighted by molar-refractivity contribution is 6.41. The zero-order valence-electron chi connectivity index (χ0n) is 8.72. The fraction of sp³-hybridized carbons (Fsp3) is 0.500. The molecule has 0 saturated carbocycles. The molecule has 0 radical (unpaired) electrons. The molecule has 3 nitrogen and oxygen atoms in total. The van der Waals surface area contributed by atoms with Crippen molar-refractivity contribution in [1.29, 1.82) is 0 Å². The average molecular weight is 250 g/mol. The van der Waals surface area contributed by atoms with Crippen molar-refractivity contribution >= 4 is 29.2 Å². The van der Waals surface area contributed by atoms with E-state index < -0.39 is 0 Å². The number of esters is 1. The van der Waals surface area contributed by atoms with Gasteiger partial charge in [-0.15, -0.1) is 0 Å². The number of carbonyl (C=O) groups is 1. The summed E-state index contributed by atoms with van der Waals surface area (Å²) in [6, 6.07) is 1.51. The smallest absolute Gasteiger partial charge is 0.355 e. The lowest BCUT2D eigenvalue weighted by molar-refractivity contribution is 0.0488. The van der Waals surface area contributed by atoms with E-state index in [2.05, 4.69) is 0 Å². The van der Waals surface area contributed by atoms with E-state index >= 15 is 0 Å². The third kappa shape index (κ3) is 2.89. The molecule has 0 unspecified atom stereocenters. The van der Waals surface area contributed by atoms with Crippen molar-refractivity contribution in [3.63, 3.8) is 0 Å². The van der Waals surface area contributed by atoms with Crippen molar-refractivity contribution < 1.29 is 9.53 Å². The number of halogens is 2. The van der Waals surface area contributed by atoms with E-state index in [0.29, 0.717) is 22.5 Å². The van der Waals surface area contributed by atoms with Gasteiger partial charge in [0.25, 0.3) is 0 Å². The molecule has 0 N–H and O–H groups in total. The minimum Gasteiger partial charge on any atom is -0.461 e. The summed E-state index contributed by atoms with van der Waals surface area (Å²) < 4.78 is 6.55. The van der Waals surface area contributed by atoms with Gasteiger partial charge in [0, 0.05) is 7.05 Å². The highest BCUT2D eigenvalue weighted by atomic mass is 35.5. The third-order valence-corrected chi connectivity index (χ3v) is 2.90. The minimum atomic E-state index is -0.389. The van der Waals surface area contributed by atoms with Gasteiger partial charge in [-0.2, -0.15) is 0 Å². The zero-order valence-corrected chi connectivity index (χ0v) is 10.2. The van der Waals surface area contributed by atoms with Crippen LogP contribution in [-0.4, -0.2) is 17.1 Å². The number of carbonyl (C=O) groups excluding carboxylic acids is 1. The number of aromatic nitrogens is 1. The van der Waals surface area contributed by atoms with Crippen molar-refractivity contribution in [2.24, 2.45) is 7.05 Å². The fourth-order valence-electron chi connectivity index (χ4n) is 1.12. The second kappa shape index (κ2) is 5.42. The third-order valence-electron chi connectivity index (χ3n) is 2.06. The molecule has 1 heterocycles. The maximum Gasteiger partial charge on any atom is 0.355 e. The molecule has 0 amide bonds. The van der Waals surface area contributed by atoms with Gasteiger partial charge in [-0.05, 0) is 12.5 Å². The van der Waals surface area contributed by atoms with Crippen LogP contribution in [0.1, 0.15) is 30.3 Å². The first kappa shape index (κ1) is 12.4. The Kier molecular flexibility index (Phi) is 4.48. The van der Waals surface area contributed by atoms with Crippen molar-refractivity contribution in [1.82, 2.24) is 4.57 Å². The molecule has 0 bridgehead atoms. The Morgan fingerprint density at radius 1 is 1.53 bits per heavy atom. The second-order valence-corrected chi connectivity index (χ2v) is 3.98. The Labute approximate surface area is 98.9 Å². The normalized spacial score (nSPS) is 10.4. The van der Waals surface area contributed by atoms with Gasteiger partial charge in [0.1, 0.15) is 10.8 Å². The van der Waals surface area contributed by atoms with E-state index in [0.717, 1.165) is 12.8 Å². The lowest BCUT2D eigenvalue weighted by atomic mass is 10.3. The molecule has 15 heavy (non-hydrogen) atoms. The summed E-state index contributed by atoms with van der Waals surface area (Å²) in [4.78, 5) is 11.5. The Balaban J connectivity index is 2.70. The fourth-order valence-corrected chi connectivity index (χ4v) is 1.50. The first-order valence-electron chi connectivity index (χ1n) is 4.75. The van der Waals surface area contributed by atoms with E-state index in [1.165, 1.54) is 10.6 Å². The van der Waals surface area contributed by atoms with Crippen LogP contribution in [0.25, 0.3) is 0 Å². The highest BCUT2D eigenvalue weighted by Gasteiger charge is 2.16. The van der Waals surface area contributed by atoms with Crippen LogP contribution in [-0.2, 0) is 11.8 Å². The molecule has 1 aromatic rings. The van der Waals surface area contributed by atoms with E-state index in [9.17, 15) is 4.79 Å². The van der Waals surface area contributed by atoms with Crippen molar-refractivity contribution in [3.8, 4) is 0 Å². The van der Waals surface area contributed by atoms with E-state index in [1.807, 2.05) is 6.92 Å². The van der Waals surface area contributed by atoms with Gasteiger partial charge in [-0.1, -0.05) is 36.5 Å². The second-order valence-electron chi connectivity index (χ2n) is 3.22. The van der Waals surface area contributed by atoms with Crippen LogP contribution >= 0.6 is 23.2 Å². The van der Waals surface area contributed by atoms with Crippen molar-refractivity contribution in [2.75, 3.05) is 6.61 Å². The Bertz CT molecular complexity index is 361. The molecule has 5 heteroatoms. The quantitative estimate of drug-likeness (QED) is 0.606. The van der Waals surface area contributed by atoms with Crippen LogP contribution in [0.5, 0.6) is 0 Å². The zero-order chi connectivity index (χ0) is 11.4. The van der Waals surface area contributed by atoms with E-state index in [4.69, 9.17) is 27.9 Å². The van der Waals surface area contributed by atoms with Crippen LogP contribution < -0.4 is 0 Å². The van der Waals surface area contributed by atoms with Crippen LogP contribution in [0.4, 0.5) is 0 Å². The summed E-state index contributed by atoms with van der Waals surface area (Å²) in [5, 5.41) is 0.709. The molecule has 1 rings (SSSR count). The summed E-state index contributed by atoms with van der Waals surface area (Å²) in [5.41, 5.74) is 0.376. The molecule has 84 valence electrons. The number of rotatable bonds is 4. The SMILES string of the molecule is CCCCOC(=O)c1cc(Cl)c(Cl)n1C. The van der Waals surface area contributed by atoms with Gasteiger partial charge in [0.15, 0.2) is 0 Å². The van der Waals surface area contributed by atoms with Gasteiger partial charge in [-0.3, -0.25) is 0 Å². The number of hydrogen-bond donors (Lipinski definition) is 0. The summed E-state index contributed by atoms with van der Waals surface area (Å²) >= 11 is 11.6. The lowest BCUT2D eigenvalue weighted by Crippen LogP contribution is -2.10. The average Bonchev–Trinajstić information content (AvgIpc) is 2.46. The summed E-state index contributed by atoms with van der Waals surface area (Å²) in [6.45, 7) is 2.46. The van der Waals surface area contributed by atoms with Crippen LogP contribution in [0.2, 0.25) is 10.2 Å². The molecule has 0 fully saturated rings. The van der Waals surface area contributed by atoms with Crippen molar-refractivity contribution in [2.45, 2.75) is 19.8 Å². The van der Waals surface area contributed by atoms with E-state index in [1.54, 1.807) is 7.05 Å². The largest absolute Gasteiger partial charge is 0.461 e. The lowest BCUT2D eigenvalue weighted by Gasteiger charge is -2.04. The van der Waals surface area contributed by atoms with Crippen molar-refractivity contribution in [3.05, 3.63) is 21.9 Å². The minimum absolute atomic E-state index is 0.346. The Hall–Kier alpha value is -0.670. The van der Waals surface area contributed by atoms with E-state index in [-0.39, 0.29) is 5.97 Å². The molecule has 0 atom stereocenters. The molecule has 0 saturated heterocycles. The Morgan fingerprint density at radius 2 is 2.20 bits per heavy atom. The maximum atomic E-state index is 11.5. The molecule has 0 aromatic carbocycles. The van der Waals surface area contributed by atoms with Crippen LogP contribution in [0, 0.1) is 0 Å². The molecule has 0 aliphatic carbocycles. The monoisotopic (exact) mass is 249 g/mol. The highest BCUT2D eigenvalue weighted by Crippen LogP contribution is 2.25. The molecular weight excluding hydrogens is 237 g/mol. The molecule has 0 spiro atoms. The van der Waals surface area contributed by atoms with Crippen LogP contribution in [0.15, 0.2) is 6.07 Å². The van der Waals surface area contributed by atoms with Gasteiger partial charge in [0.2, 0.25) is 0 Å². The number of ether oxygens (including phenoxy) is 1. The first-order chi connectivity index (χ1) is 7.07. The summed E-state index contributed by atoms with van der Waals surface area (Å²) in [6.07, 6.45) is 1.85. The standard InChI is InChI=1S/C10H13Cl2NO2/c1-3-4-5-15-10(14)8-6-7(11)9(12)13(8)2/h6H,3-5H2,1-2H3. The predicted octanol–water partition coefficient (Wildman–Crippen LogP) is 3.29. The number of unbranched alkanes of at least 4 members (excludes halogenated alkanes) is 1. The maximum absolute atomic E-state index is 11.5. The van der Waals surface area contributed by atoms with Gasteiger partial charge < -0.3 is 9.30 Å². The Morgan fingerprint density at radius 3 is 2.67 bits per heavy atom. The summed E-state index contributed by atoms with van der Waals surface area (Å²) in [7, 11) is 1.67. The van der Waals surface area contributed by atoms with Gasteiger partial charge >= 0.3 is 5.97 Å².